The van der Waals surface area contributed by atoms with Crippen LogP contribution in [0.3, 0.4) is 0 Å². The van der Waals surface area contributed by atoms with E-state index >= 15 is 0 Å². The summed E-state index contributed by atoms with van der Waals surface area (Å²) < 4.78 is 3.55. The van der Waals surface area contributed by atoms with Gasteiger partial charge in [0.15, 0.2) is 11.0 Å². The Morgan fingerprint density at radius 1 is 1.08 bits per heavy atom. The highest BCUT2D eigenvalue weighted by atomic mass is 32.2. The highest BCUT2D eigenvalue weighted by Crippen LogP contribution is 2.36. The Kier molecular flexibility index (Phi) is 4.83. The molecule has 0 aliphatic heterocycles. The molecule has 0 saturated carbocycles. The highest BCUT2D eigenvalue weighted by Gasteiger charge is 2.19. The van der Waals surface area contributed by atoms with E-state index in [4.69, 9.17) is 0 Å². The first-order valence-electron chi connectivity index (χ1n) is 8.73. The zero-order chi connectivity index (χ0) is 18.1. The number of aryl methyl sites for hydroxylation is 1. The van der Waals surface area contributed by atoms with Crippen molar-refractivity contribution in [3.63, 3.8) is 0 Å². The summed E-state index contributed by atoms with van der Waals surface area (Å²) in [5.41, 5.74) is 3.78. The van der Waals surface area contributed by atoms with Gasteiger partial charge in [-0.3, -0.25) is 4.57 Å². The van der Waals surface area contributed by atoms with Crippen molar-refractivity contribution in [2.75, 3.05) is 0 Å². The lowest BCUT2D eigenvalue weighted by molar-refractivity contribution is 0.555. The average molecular weight is 380 g/mol. The fraction of sp³-hybridized carbons (Fsp3) is 0.238. The maximum atomic E-state index is 4.56. The van der Waals surface area contributed by atoms with Gasteiger partial charge in [0, 0.05) is 32.8 Å². The standard InChI is InChI=1S/C21H21N3S2/c1-14(2)24-20(18-13-25-19-10-5-4-9-17(18)19)22-23-21(24)26-12-16-8-6-7-15(3)11-16/h4-11,13-14H,12H2,1-3H3. The van der Waals surface area contributed by atoms with Gasteiger partial charge in [0.2, 0.25) is 0 Å². The third kappa shape index (κ3) is 3.29. The van der Waals surface area contributed by atoms with Gasteiger partial charge < -0.3 is 0 Å². The number of hydrogen-bond acceptors (Lipinski definition) is 4. The van der Waals surface area contributed by atoms with E-state index < -0.39 is 0 Å². The van der Waals surface area contributed by atoms with E-state index in [0.29, 0.717) is 6.04 Å². The number of hydrogen-bond donors (Lipinski definition) is 0. The van der Waals surface area contributed by atoms with Crippen LogP contribution in [0.5, 0.6) is 0 Å². The van der Waals surface area contributed by atoms with Crippen molar-refractivity contribution in [3.8, 4) is 11.4 Å². The molecule has 0 fully saturated rings. The quantitative estimate of drug-likeness (QED) is 0.379. The lowest BCUT2D eigenvalue weighted by atomic mass is 10.1. The van der Waals surface area contributed by atoms with Gasteiger partial charge >= 0.3 is 0 Å². The van der Waals surface area contributed by atoms with Crippen molar-refractivity contribution >= 4 is 33.2 Å². The monoisotopic (exact) mass is 379 g/mol. The molecule has 0 atom stereocenters. The van der Waals surface area contributed by atoms with Crippen molar-refractivity contribution in [1.82, 2.24) is 14.8 Å². The summed E-state index contributed by atoms with van der Waals surface area (Å²) in [6.45, 7) is 6.51. The summed E-state index contributed by atoms with van der Waals surface area (Å²) in [5.74, 6) is 1.86. The predicted octanol–water partition coefficient (Wildman–Crippen LogP) is 6.34. The van der Waals surface area contributed by atoms with E-state index in [-0.39, 0.29) is 0 Å². The van der Waals surface area contributed by atoms with E-state index in [2.05, 4.69) is 89.4 Å². The number of aromatic nitrogens is 3. The molecular weight excluding hydrogens is 358 g/mol. The Morgan fingerprint density at radius 2 is 1.92 bits per heavy atom. The van der Waals surface area contributed by atoms with Crippen molar-refractivity contribution in [3.05, 3.63) is 65.0 Å². The van der Waals surface area contributed by atoms with Crippen LogP contribution in [-0.2, 0) is 5.75 Å². The molecule has 132 valence electrons. The first-order chi connectivity index (χ1) is 12.6. The predicted molar refractivity (Wildman–Crippen MR) is 112 cm³/mol. The minimum absolute atomic E-state index is 0.304. The molecule has 2 aromatic heterocycles. The Hall–Kier alpha value is -2.11. The molecule has 0 aliphatic rings. The largest absolute Gasteiger partial charge is 0.299 e. The molecule has 0 N–H and O–H groups in total. The third-order valence-corrected chi connectivity index (χ3v) is 6.33. The Morgan fingerprint density at radius 3 is 2.73 bits per heavy atom. The van der Waals surface area contributed by atoms with Crippen molar-refractivity contribution in [2.45, 2.75) is 37.7 Å². The molecule has 2 aromatic carbocycles. The van der Waals surface area contributed by atoms with E-state index in [1.807, 2.05) is 0 Å². The normalized spacial score (nSPS) is 11.5. The third-order valence-electron chi connectivity index (χ3n) is 4.35. The number of thiophene rings is 1. The maximum Gasteiger partial charge on any atom is 0.192 e. The molecule has 0 bridgehead atoms. The Labute approximate surface area is 162 Å². The first kappa shape index (κ1) is 17.3. The maximum absolute atomic E-state index is 4.56. The van der Waals surface area contributed by atoms with E-state index in [1.54, 1.807) is 23.1 Å². The number of rotatable bonds is 5. The average Bonchev–Trinajstić information content (AvgIpc) is 3.23. The molecule has 0 aliphatic carbocycles. The minimum atomic E-state index is 0.304. The van der Waals surface area contributed by atoms with Gasteiger partial charge in [-0.1, -0.05) is 59.8 Å². The van der Waals surface area contributed by atoms with Crippen LogP contribution in [0, 0.1) is 6.92 Å². The highest BCUT2D eigenvalue weighted by molar-refractivity contribution is 7.98. The molecule has 26 heavy (non-hydrogen) atoms. The molecule has 0 saturated heterocycles. The molecule has 0 unspecified atom stereocenters. The Balaban J connectivity index is 1.69. The number of fused-ring (bicyclic) bond motifs is 1. The lowest BCUT2D eigenvalue weighted by Crippen LogP contribution is -2.05. The molecule has 0 radical (unpaired) electrons. The zero-order valence-electron chi connectivity index (χ0n) is 15.1. The number of thioether (sulfide) groups is 1. The van der Waals surface area contributed by atoms with Crippen molar-refractivity contribution < 1.29 is 0 Å². The Bertz CT molecular complexity index is 1050. The minimum Gasteiger partial charge on any atom is -0.299 e. The lowest BCUT2D eigenvalue weighted by Gasteiger charge is -2.13. The fourth-order valence-corrected chi connectivity index (χ4v) is 5.07. The summed E-state index contributed by atoms with van der Waals surface area (Å²) in [6, 6.07) is 17.4. The van der Waals surface area contributed by atoms with Gasteiger partial charge in [-0.25, -0.2) is 0 Å². The van der Waals surface area contributed by atoms with Gasteiger partial charge in [-0.15, -0.1) is 21.5 Å². The molecule has 0 amide bonds. The van der Waals surface area contributed by atoms with Crippen LogP contribution >= 0.6 is 23.1 Å². The molecule has 0 spiro atoms. The second kappa shape index (κ2) is 7.25. The zero-order valence-corrected chi connectivity index (χ0v) is 16.8. The molecule has 5 heteroatoms. The van der Waals surface area contributed by atoms with Crippen LogP contribution in [0.15, 0.2) is 59.1 Å². The molecule has 3 nitrogen and oxygen atoms in total. The molecular formula is C21H21N3S2. The van der Waals surface area contributed by atoms with Crippen LogP contribution in [0.25, 0.3) is 21.5 Å². The summed E-state index contributed by atoms with van der Waals surface area (Å²) >= 11 is 3.52. The number of benzene rings is 2. The smallest absolute Gasteiger partial charge is 0.192 e. The summed E-state index contributed by atoms with van der Waals surface area (Å²) in [6.07, 6.45) is 0. The first-order valence-corrected chi connectivity index (χ1v) is 10.6. The fourth-order valence-electron chi connectivity index (χ4n) is 3.13. The van der Waals surface area contributed by atoms with E-state index in [9.17, 15) is 0 Å². The van der Waals surface area contributed by atoms with Crippen LogP contribution in [-0.4, -0.2) is 14.8 Å². The molecule has 2 heterocycles. The van der Waals surface area contributed by atoms with Gasteiger partial charge in [-0.05, 0) is 32.4 Å². The van der Waals surface area contributed by atoms with Crippen LogP contribution < -0.4 is 0 Å². The molecule has 4 aromatic rings. The summed E-state index contributed by atoms with van der Waals surface area (Å²) in [4.78, 5) is 0. The SMILES string of the molecule is Cc1cccc(CSc2nnc(-c3csc4ccccc34)n2C(C)C)c1. The summed E-state index contributed by atoms with van der Waals surface area (Å²) in [5, 5.41) is 13.5. The van der Waals surface area contributed by atoms with Crippen LogP contribution in [0.1, 0.15) is 31.0 Å². The van der Waals surface area contributed by atoms with E-state index in [0.717, 1.165) is 16.7 Å². The second-order valence-electron chi connectivity index (χ2n) is 6.69. The van der Waals surface area contributed by atoms with Crippen LogP contribution in [0.2, 0.25) is 0 Å². The molecule has 4 rings (SSSR count). The van der Waals surface area contributed by atoms with Crippen molar-refractivity contribution in [2.24, 2.45) is 0 Å². The number of nitrogens with zero attached hydrogens (tertiary/aromatic N) is 3. The van der Waals surface area contributed by atoms with Gasteiger partial charge in [0.05, 0.1) is 0 Å². The van der Waals surface area contributed by atoms with Gasteiger partial charge in [0.1, 0.15) is 0 Å². The van der Waals surface area contributed by atoms with Gasteiger partial charge in [-0.2, -0.15) is 0 Å². The second-order valence-corrected chi connectivity index (χ2v) is 8.55. The topological polar surface area (TPSA) is 30.7 Å². The van der Waals surface area contributed by atoms with Crippen LogP contribution in [0.4, 0.5) is 0 Å². The van der Waals surface area contributed by atoms with Gasteiger partial charge in [0.25, 0.3) is 0 Å². The van der Waals surface area contributed by atoms with E-state index in [1.165, 1.54) is 26.8 Å². The summed E-state index contributed by atoms with van der Waals surface area (Å²) in [7, 11) is 0. The van der Waals surface area contributed by atoms with Crippen molar-refractivity contribution in [1.29, 1.82) is 0 Å².